The summed E-state index contributed by atoms with van der Waals surface area (Å²) in [7, 11) is 0. The van der Waals surface area contributed by atoms with Gasteiger partial charge in [-0.1, -0.05) is 0 Å². The number of hydrogen-bond acceptors (Lipinski definition) is 5. The first-order valence-electron chi connectivity index (χ1n) is 9.53. The topological polar surface area (TPSA) is 123 Å². The zero-order valence-corrected chi connectivity index (χ0v) is 17.5. The Morgan fingerprint density at radius 1 is 1.09 bits per heavy atom. The molecule has 2 aromatic rings. The fourth-order valence-corrected chi connectivity index (χ4v) is 4.51. The predicted molar refractivity (Wildman–Crippen MR) is 112 cm³/mol. The highest BCUT2D eigenvalue weighted by atomic mass is 32.1. The Labute approximate surface area is 189 Å². The van der Waals surface area contributed by atoms with Crippen LogP contribution in [-0.2, 0) is 11.0 Å². The minimum atomic E-state index is -4.97. The maximum Gasteiger partial charge on any atom is 0.418 e. The predicted octanol–water partition coefficient (Wildman–Crippen LogP) is 2.50. The minimum absolute atomic E-state index is 0.135. The van der Waals surface area contributed by atoms with Crippen LogP contribution < -0.4 is 21.3 Å². The summed E-state index contributed by atoms with van der Waals surface area (Å²) < 4.78 is 55.0. The van der Waals surface area contributed by atoms with E-state index >= 15 is 0 Å². The van der Waals surface area contributed by atoms with Crippen LogP contribution in [0.15, 0.2) is 30.5 Å². The molecule has 8 nitrogen and oxygen atoms in total. The highest BCUT2D eigenvalue weighted by molar-refractivity contribution is 7.81. The Kier molecular flexibility index (Phi) is 5.11. The van der Waals surface area contributed by atoms with Crippen molar-refractivity contribution >= 4 is 46.4 Å². The number of alkyl halides is 3. The number of anilines is 2. The van der Waals surface area contributed by atoms with E-state index in [1.807, 2.05) is 0 Å². The van der Waals surface area contributed by atoms with Gasteiger partial charge < -0.3 is 16.4 Å². The highest BCUT2D eigenvalue weighted by Crippen LogP contribution is 2.48. The first kappa shape index (κ1) is 22.6. The summed E-state index contributed by atoms with van der Waals surface area (Å²) in [4.78, 5) is 41.9. The molecule has 2 fully saturated rings. The smallest absolute Gasteiger partial charge is 0.366 e. The average Bonchev–Trinajstić information content (AvgIpc) is 2.93. The van der Waals surface area contributed by atoms with Crippen molar-refractivity contribution in [3.63, 3.8) is 0 Å². The van der Waals surface area contributed by atoms with Crippen molar-refractivity contribution in [2.24, 2.45) is 11.5 Å². The van der Waals surface area contributed by atoms with Crippen LogP contribution in [0, 0.1) is 5.82 Å². The second kappa shape index (κ2) is 7.47. The molecule has 1 aliphatic heterocycles. The molecule has 172 valence electrons. The fraction of sp³-hybridized carbons (Fsp3) is 0.250. The van der Waals surface area contributed by atoms with Crippen molar-refractivity contribution in [1.29, 1.82) is 0 Å². The van der Waals surface area contributed by atoms with Gasteiger partial charge in [0.2, 0.25) is 0 Å². The summed E-state index contributed by atoms with van der Waals surface area (Å²) in [5.74, 6) is -3.92. The third-order valence-electron chi connectivity index (χ3n) is 5.74. The Balaban J connectivity index is 1.82. The molecule has 1 aromatic carbocycles. The number of amides is 3. The summed E-state index contributed by atoms with van der Waals surface area (Å²) >= 11 is 5.42. The number of pyridine rings is 1. The molecule has 2 aliphatic rings. The van der Waals surface area contributed by atoms with Gasteiger partial charge in [0.1, 0.15) is 17.1 Å². The normalized spacial score (nSPS) is 17.5. The molecule has 13 heteroatoms. The third kappa shape index (κ3) is 3.39. The molecule has 4 rings (SSSR count). The SMILES string of the molecule is NC(=O)c1ccc(N2C(=S)N(c3cnc(C(N)=O)c(C(F)(F)F)c3)C(=O)C23CCC3)cc1F. The van der Waals surface area contributed by atoms with Gasteiger partial charge in [-0.05, 0) is 55.7 Å². The van der Waals surface area contributed by atoms with Gasteiger partial charge in [-0.25, -0.2) is 9.37 Å². The summed E-state index contributed by atoms with van der Waals surface area (Å²) in [6, 6.07) is 4.05. The molecule has 4 N–H and O–H groups in total. The monoisotopic (exact) mass is 481 g/mol. The lowest BCUT2D eigenvalue weighted by atomic mass is 9.75. The lowest BCUT2D eigenvalue weighted by molar-refractivity contribution is -0.138. The van der Waals surface area contributed by atoms with Crippen LogP contribution >= 0.6 is 12.2 Å². The van der Waals surface area contributed by atoms with E-state index in [1.165, 1.54) is 11.0 Å². The molecule has 0 bridgehead atoms. The third-order valence-corrected chi connectivity index (χ3v) is 6.10. The van der Waals surface area contributed by atoms with Gasteiger partial charge in [0, 0.05) is 5.69 Å². The number of aromatic nitrogens is 1. The van der Waals surface area contributed by atoms with E-state index in [4.69, 9.17) is 23.7 Å². The largest absolute Gasteiger partial charge is 0.418 e. The first-order valence-corrected chi connectivity index (χ1v) is 9.94. The number of nitrogens with two attached hydrogens (primary N) is 2. The molecule has 3 amide bonds. The van der Waals surface area contributed by atoms with Crippen molar-refractivity contribution in [3.05, 3.63) is 53.1 Å². The van der Waals surface area contributed by atoms with E-state index in [2.05, 4.69) is 4.98 Å². The number of nitrogens with zero attached hydrogens (tertiary/aromatic N) is 3. The number of carbonyl (C=O) groups excluding carboxylic acids is 3. The Bertz CT molecular complexity index is 1230. The molecule has 1 aliphatic carbocycles. The lowest BCUT2D eigenvalue weighted by Gasteiger charge is -2.43. The molecule has 2 heterocycles. The second-order valence-corrected chi connectivity index (χ2v) is 7.99. The molecular formula is C20H15F4N5O3S. The van der Waals surface area contributed by atoms with E-state index in [1.54, 1.807) is 0 Å². The van der Waals surface area contributed by atoms with E-state index in [0.717, 1.165) is 23.2 Å². The van der Waals surface area contributed by atoms with Crippen LogP contribution in [0.25, 0.3) is 0 Å². The van der Waals surface area contributed by atoms with Gasteiger partial charge in [-0.2, -0.15) is 13.2 Å². The average molecular weight is 481 g/mol. The quantitative estimate of drug-likeness (QED) is 0.511. The van der Waals surface area contributed by atoms with Gasteiger partial charge >= 0.3 is 6.18 Å². The Morgan fingerprint density at radius 3 is 2.24 bits per heavy atom. The maximum absolute atomic E-state index is 14.4. The molecule has 1 saturated heterocycles. The zero-order valence-electron chi connectivity index (χ0n) is 16.6. The summed E-state index contributed by atoms with van der Waals surface area (Å²) in [5.41, 5.74) is 5.95. The van der Waals surface area contributed by atoms with Crippen LogP contribution in [0.4, 0.5) is 28.9 Å². The molecule has 0 unspecified atom stereocenters. The van der Waals surface area contributed by atoms with Crippen molar-refractivity contribution < 1.29 is 31.9 Å². The van der Waals surface area contributed by atoms with Crippen molar-refractivity contribution in [3.8, 4) is 0 Å². The van der Waals surface area contributed by atoms with Crippen molar-refractivity contribution in [1.82, 2.24) is 4.98 Å². The van der Waals surface area contributed by atoms with Crippen LogP contribution in [-0.4, -0.2) is 33.4 Å². The summed E-state index contributed by atoms with van der Waals surface area (Å²) in [5, 5.41) is -0.201. The fourth-order valence-electron chi connectivity index (χ4n) is 4.04. The summed E-state index contributed by atoms with van der Waals surface area (Å²) in [6.07, 6.45) is -2.81. The van der Waals surface area contributed by atoms with Crippen molar-refractivity contribution in [2.45, 2.75) is 31.0 Å². The van der Waals surface area contributed by atoms with Crippen LogP contribution in [0.3, 0.4) is 0 Å². The standard InChI is InChI=1S/C20H15F4N5O3S/c21-13-7-9(2-3-11(13)15(25)30)29-18(33)28(17(32)19(29)4-1-5-19)10-6-12(20(22,23)24)14(16(26)31)27-8-10/h2-3,6-8H,1,4-5H2,(H2,25,30)(H2,26,31). The molecule has 1 aromatic heterocycles. The molecule has 1 saturated carbocycles. The molecular weight excluding hydrogens is 466 g/mol. The van der Waals surface area contributed by atoms with Crippen molar-refractivity contribution in [2.75, 3.05) is 9.80 Å². The molecule has 0 radical (unpaired) electrons. The second-order valence-electron chi connectivity index (χ2n) is 7.62. The Hall–Kier alpha value is -3.61. The van der Waals surface area contributed by atoms with E-state index in [9.17, 15) is 31.9 Å². The number of primary amides is 2. The van der Waals surface area contributed by atoms with Crippen LogP contribution in [0.2, 0.25) is 0 Å². The molecule has 1 spiro atoms. The van der Waals surface area contributed by atoms with Gasteiger partial charge in [-0.3, -0.25) is 19.3 Å². The first-order chi connectivity index (χ1) is 15.4. The Morgan fingerprint density at radius 2 is 1.76 bits per heavy atom. The lowest BCUT2D eigenvalue weighted by Crippen LogP contribution is -2.55. The van der Waals surface area contributed by atoms with Gasteiger partial charge in [0.15, 0.2) is 5.11 Å². The number of benzene rings is 1. The molecule has 33 heavy (non-hydrogen) atoms. The van der Waals surface area contributed by atoms with Gasteiger partial charge in [0.25, 0.3) is 17.7 Å². The highest BCUT2D eigenvalue weighted by Gasteiger charge is 2.60. The van der Waals surface area contributed by atoms with E-state index in [-0.39, 0.29) is 22.1 Å². The summed E-state index contributed by atoms with van der Waals surface area (Å²) in [6.45, 7) is 0. The van der Waals surface area contributed by atoms with E-state index < -0.39 is 46.5 Å². The van der Waals surface area contributed by atoms with Gasteiger partial charge in [-0.15, -0.1) is 0 Å². The number of carbonyl (C=O) groups is 3. The van der Waals surface area contributed by atoms with Gasteiger partial charge in [0.05, 0.1) is 23.0 Å². The number of hydrogen-bond donors (Lipinski definition) is 2. The number of rotatable bonds is 4. The van der Waals surface area contributed by atoms with Crippen LogP contribution in [0.5, 0.6) is 0 Å². The van der Waals surface area contributed by atoms with Crippen LogP contribution in [0.1, 0.15) is 45.7 Å². The minimum Gasteiger partial charge on any atom is -0.366 e. The molecule has 0 atom stereocenters. The van der Waals surface area contributed by atoms with E-state index in [0.29, 0.717) is 25.3 Å². The number of thiocarbonyl (C=S) groups is 1. The zero-order chi connectivity index (χ0) is 24.3. The number of halogens is 4. The maximum atomic E-state index is 14.4.